The normalized spacial score (nSPS) is 18.2. The van der Waals surface area contributed by atoms with E-state index in [-0.39, 0.29) is 28.1 Å². The Labute approximate surface area is 187 Å². The molecule has 2 aromatic carbocycles. The van der Waals surface area contributed by atoms with Crippen molar-refractivity contribution in [2.45, 2.75) is 11.3 Å². The number of aromatic nitrogens is 2. The number of hydrogen-bond acceptors (Lipinski definition) is 5. The number of hydrogen-bond donors (Lipinski definition) is 0. The predicted molar refractivity (Wildman–Crippen MR) is 113 cm³/mol. The molecule has 0 aliphatic carbocycles. The van der Waals surface area contributed by atoms with E-state index in [1.54, 1.807) is 12.1 Å². The molecule has 0 radical (unpaired) electrons. The molecule has 0 unspecified atom stereocenters. The van der Waals surface area contributed by atoms with Gasteiger partial charge in [-0.1, -0.05) is 35.3 Å². The molecule has 3 aromatic rings. The van der Waals surface area contributed by atoms with Crippen LogP contribution in [0.5, 0.6) is 0 Å². The van der Waals surface area contributed by atoms with E-state index in [4.69, 9.17) is 28.5 Å². The smallest absolute Gasteiger partial charge is 0.276 e. The van der Waals surface area contributed by atoms with Crippen LogP contribution in [0.1, 0.15) is 11.1 Å². The monoisotopic (exact) mass is 478 g/mol. The summed E-state index contributed by atoms with van der Waals surface area (Å²) in [6, 6.07) is 10.6. The highest BCUT2D eigenvalue weighted by Crippen LogP contribution is 2.45. The molecule has 0 N–H and O–H groups in total. The first kappa shape index (κ1) is 21.3. The van der Waals surface area contributed by atoms with Gasteiger partial charge in [-0.15, -0.1) is 0 Å². The molecule has 11 heteroatoms. The third-order valence-corrected chi connectivity index (χ3v) is 7.41. The van der Waals surface area contributed by atoms with Gasteiger partial charge in [0, 0.05) is 25.1 Å². The summed E-state index contributed by atoms with van der Waals surface area (Å²) in [7, 11) is -4.05. The van der Waals surface area contributed by atoms with Crippen molar-refractivity contribution < 1.29 is 17.6 Å². The highest BCUT2D eigenvalue weighted by Gasteiger charge is 2.59. The van der Waals surface area contributed by atoms with E-state index in [1.165, 1.54) is 41.2 Å². The van der Waals surface area contributed by atoms with Crippen molar-refractivity contribution in [3.8, 4) is 6.07 Å². The number of rotatable bonds is 4. The van der Waals surface area contributed by atoms with Gasteiger partial charge in [0.2, 0.25) is 10.8 Å². The van der Waals surface area contributed by atoms with Crippen LogP contribution in [0.4, 0.5) is 16.0 Å². The molecule has 158 valence electrons. The minimum atomic E-state index is -4.05. The summed E-state index contributed by atoms with van der Waals surface area (Å²) in [6.45, 7) is 0. The summed E-state index contributed by atoms with van der Waals surface area (Å²) < 4.78 is 41.3. The maximum Gasteiger partial charge on any atom is 0.276 e. The van der Waals surface area contributed by atoms with E-state index >= 15 is 0 Å². The highest BCUT2D eigenvalue weighted by atomic mass is 35.5. The molecule has 31 heavy (non-hydrogen) atoms. The van der Waals surface area contributed by atoms with E-state index in [1.807, 2.05) is 6.07 Å². The number of imidazole rings is 1. The second kappa shape index (κ2) is 7.34. The lowest BCUT2D eigenvalue weighted by Crippen LogP contribution is -2.49. The van der Waals surface area contributed by atoms with Crippen molar-refractivity contribution in [1.82, 2.24) is 9.55 Å². The van der Waals surface area contributed by atoms with Crippen molar-refractivity contribution in [2.75, 3.05) is 11.2 Å². The molecule has 0 fully saturated rings. The quantitative estimate of drug-likeness (QED) is 0.531. The van der Waals surface area contributed by atoms with Crippen LogP contribution in [0.2, 0.25) is 10.0 Å². The Kier molecular flexibility index (Phi) is 5.04. The zero-order valence-electron chi connectivity index (χ0n) is 15.9. The zero-order valence-corrected chi connectivity index (χ0v) is 18.2. The van der Waals surface area contributed by atoms with Gasteiger partial charge in [-0.3, -0.25) is 9.36 Å². The Morgan fingerprint density at radius 3 is 2.35 bits per heavy atom. The largest absolute Gasteiger partial charge is 0.288 e. The van der Waals surface area contributed by atoms with Gasteiger partial charge in [-0.05, 0) is 29.8 Å². The first-order valence-electron chi connectivity index (χ1n) is 8.81. The van der Waals surface area contributed by atoms with Crippen molar-refractivity contribution >= 4 is 50.6 Å². The van der Waals surface area contributed by atoms with Gasteiger partial charge < -0.3 is 0 Å². The topological polar surface area (TPSA) is 96.1 Å². The average Bonchev–Trinajstić information content (AvgIpc) is 3.27. The van der Waals surface area contributed by atoms with Crippen LogP contribution in [0.25, 0.3) is 0 Å². The first-order valence-corrected chi connectivity index (χ1v) is 11.5. The maximum absolute atomic E-state index is 13.9. The number of nitrogens with zero attached hydrogens (tertiary/aromatic N) is 4. The van der Waals surface area contributed by atoms with Crippen molar-refractivity contribution in [3.05, 3.63) is 75.8 Å². The third kappa shape index (κ3) is 3.19. The molecule has 1 aliphatic rings. The molecule has 0 bridgehead atoms. The van der Waals surface area contributed by atoms with E-state index in [9.17, 15) is 17.6 Å². The minimum absolute atomic E-state index is 0.0304. The Morgan fingerprint density at radius 1 is 1.19 bits per heavy atom. The number of halogens is 3. The van der Waals surface area contributed by atoms with Gasteiger partial charge in [0.05, 0.1) is 27.4 Å². The van der Waals surface area contributed by atoms with Crippen LogP contribution in [0.15, 0.2) is 48.8 Å². The second-order valence-corrected chi connectivity index (χ2v) is 10.0. The van der Waals surface area contributed by atoms with Gasteiger partial charge >= 0.3 is 0 Å². The summed E-state index contributed by atoms with van der Waals surface area (Å²) in [5, 5.41) is 8.35. The van der Waals surface area contributed by atoms with Gasteiger partial charge in [-0.2, -0.15) is 5.26 Å². The fourth-order valence-electron chi connectivity index (χ4n) is 3.62. The standard InChI is InChI=1S/C20H13Cl2FN4O3S/c1-31(29,30)20(10-12-2-4-13(11-24)5-3-12)18(28)27(19-25-6-7-26(19)20)14-8-15(21)17(23)16(22)9-14/h2-9H,10H2,1H3/t20-/m0/s1. The fourth-order valence-corrected chi connectivity index (χ4v) is 5.43. The van der Waals surface area contributed by atoms with Crippen LogP contribution in [0, 0.1) is 17.1 Å². The van der Waals surface area contributed by atoms with Gasteiger partial charge in [0.25, 0.3) is 5.91 Å². The molecule has 7 nitrogen and oxygen atoms in total. The molecule has 0 spiro atoms. The van der Waals surface area contributed by atoms with Crippen LogP contribution >= 0.6 is 23.2 Å². The SMILES string of the molecule is CS(=O)(=O)[C@@]1(Cc2ccc(C#N)cc2)C(=O)N(c2cc(Cl)c(F)c(Cl)c2)c2nccn21. The van der Waals surface area contributed by atoms with Crippen LogP contribution < -0.4 is 4.90 Å². The predicted octanol–water partition coefficient (Wildman–Crippen LogP) is 3.82. The molecular formula is C20H13Cl2FN4O3S. The summed E-state index contributed by atoms with van der Waals surface area (Å²) in [5.41, 5.74) is 1.00. The van der Waals surface area contributed by atoms with Crippen LogP contribution in [-0.4, -0.2) is 30.1 Å². The Balaban J connectivity index is 1.91. The molecule has 1 atom stereocenters. The van der Waals surface area contributed by atoms with Gasteiger partial charge in [0.1, 0.15) is 0 Å². The number of amides is 1. The Bertz CT molecular complexity index is 1340. The number of fused-ring (bicyclic) bond motifs is 1. The fraction of sp³-hybridized carbons (Fsp3) is 0.150. The lowest BCUT2D eigenvalue weighted by molar-refractivity contribution is -0.121. The highest BCUT2D eigenvalue weighted by molar-refractivity contribution is 7.92. The van der Waals surface area contributed by atoms with Crippen molar-refractivity contribution in [1.29, 1.82) is 5.26 Å². The summed E-state index contributed by atoms with van der Waals surface area (Å²) in [6.07, 6.45) is 3.51. The number of carbonyl (C=O) groups excluding carboxylic acids is 1. The molecule has 0 saturated carbocycles. The van der Waals surface area contributed by atoms with Crippen LogP contribution in [0.3, 0.4) is 0 Å². The summed E-state index contributed by atoms with van der Waals surface area (Å²) in [5.74, 6) is -1.63. The second-order valence-electron chi connectivity index (χ2n) is 7.00. The zero-order chi connectivity index (χ0) is 22.6. The molecular weight excluding hydrogens is 466 g/mol. The van der Waals surface area contributed by atoms with Crippen molar-refractivity contribution in [2.24, 2.45) is 0 Å². The molecule has 0 saturated heterocycles. The Morgan fingerprint density at radius 2 is 1.81 bits per heavy atom. The third-order valence-electron chi connectivity index (χ3n) is 5.11. The summed E-state index contributed by atoms with van der Waals surface area (Å²) in [4.78, 5) is 16.8. The van der Waals surface area contributed by atoms with Gasteiger partial charge in [-0.25, -0.2) is 22.7 Å². The summed E-state index contributed by atoms with van der Waals surface area (Å²) >= 11 is 11.8. The number of nitriles is 1. The van der Waals surface area contributed by atoms with E-state index in [0.29, 0.717) is 11.1 Å². The molecule has 1 aliphatic heterocycles. The lowest BCUT2D eigenvalue weighted by atomic mass is 10.0. The Hall–Kier alpha value is -2.93. The number of anilines is 2. The molecule has 2 heterocycles. The maximum atomic E-state index is 13.9. The number of sulfone groups is 1. The number of carbonyl (C=O) groups is 1. The van der Waals surface area contributed by atoms with Crippen LogP contribution in [-0.2, 0) is 25.9 Å². The first-order chi connectivity index (χ1) is 14.6. The molecule has 1 aromatic heterocycles. The average molecular weight is 479 g/mol. The number of benzene rings is 2. The lowest BCUT2D eigenvalue weighted by Gasteiger charge is -2.27. The minimum Gasteiger partial charge on any atom is -0.288 e. The van der Waals surface area contributed by atoms with Gasteiger partial charge in [0.15, 0.2) is 15.7 Å². The van der Waals surface area contributed by atoms with E-state index < -0.39 is 26.4 Å². The van der Waals surface area contributed by atoms with E-state index in [2.05, 4.69) is 4.98 Å². The molecule has 1 amide bonds. The van der Waals surface area contributed by atoms with Crippen molar-refractivity contribution in [3.63, 3.8) is 0 Å². The van der Waals surface area contributed by atoms with E-state index in [0.717, 1.165) is 11.2 Å². The molecule has 4 rings (SSSR count).